The number of nitrogens with one attached hydrogen (secondary N) is 1. The zero-order valence-electron chi connectivity index (χ0n) is 9.02. The summed E-state index contributed by atoms with van der Waals surface area (Å²) >= 11 is 0. The van der Waals surface area contributed by atoms with Gasteiger partial charge in [-0.25, -0.2) is 18.7 Å². The molecular formula is C11H8F2N4O. The summed E-state index contributed by atoms with van der Waals surface area (Å²) in [6, 6.07) is 1.72. The summed E-state index contributed by atoms with van der Waals surface area (Å²) in [6.45, 7) is 0. The fraction of sp³-hybridized carbons (Fsp3) is 0. The summed E-state index contributed by atoms with van der Waals surface area (Å²) in [5, 5.41) is 2.39. The van der Waals surface area contributed by atoms with E-state index in [1.54, 1.807) is 0 Å². The fourth-order valence-electron chi connectivity index (χ4n) is 1.28. The SMILES string of the molecule is Nc1c(F)cc(C(=O)Nc2cncnc2)cc1F. The Hall–Kier alpha value is -2.57. The van der Waals surface area contributed by atoms with Gasteiger partial charge in [0.25, 0.3) is 5.91 Å². The van der Waals surface area contributed by atoms with Gasteiger partial charge in [0.05, 0.1) is 18.1 Å². The lowest BCUT2D eigenvalue weighted by atomic mass is 10.1. The van der Waals surface area contributed by atoms with Crippen LogP contribution >= 0.6 is 0 Å². The minimum atomic E-state index is -0.982. The Morgan fingerprint density at radius 1 is 1.17 bits per heavy atom. The quantitative estimate of drug-likeness (QED) is 0.793. The van der Waals surface area contributed by atoms with Crippen molar-refractivity contribution in [3.63, 3.8) is 0 Å². The van der Waals surface area contributed by atoms with Crippen LogP contribution in [-0.4, -0.2) is 15.9 Å². The van der Waals surface area contributed by atoms with Crippen molar-refractivity contribution >= 4 is 17.3 Å². The third kappa shape index (κ3) is 2.40. The van der Waals surface area contributed by atoms with Crippen molar-refractivity contribution < 1.29 is 13.6 Å². The van der Waals surface area contributed by atoms with Crippen LogP contribution in [0.5, 0.6) is 0 Å². The number of hydrogen-bond donors (Lipinski definition) is 2. The maximum atomic E-state index is 13.2. The second-order valence-electron chi connectivity index (χ2n) is 3.43. The largest absolute Gasteiger partial charge is 0.394 e. The number of anilines is 2. The predicted molar refractivity (Wildman–Crippen MR) is 60.8 cm³/mol. The molecule has 0 aliphatic carbocycles. The number of rotatable bonds is 2. The van der Waals surface area contributed by atoms with Crippen molar-refractivity contribution in [1.29, 1.82) is 0 Å². The number of aromatic nitrogens is 2. The van der Waals surface area contributed by atoms with Crippen LogP contribution in [0.25, 0.3) is 0 Å². The van der Waals surface area contributed by atoms with Crippen LogP contribution < -0.4 is 11.1 Å². The average Bonchev–Trinajstić information content (AvgIpc) is 2.36. The third-order valence-electron chi connectivity index (χ3n) is 2.16. The summed E-state index contributed by atoms with van der Waals surface area (Å²) in [7, 11) is 0. The Morgan fingerprint density at radius 3 is 2.28 bits per heavy atom. The number of nitrogen functional groups attached to an aromatic ring is 1. The highest BCUT2D eigenvalue weighted by Gasteiger charge is 2.13. The molecule has 0 fully saturated rings. The second-order valence-corrected chi connectivity index (χ2v) is 3.43. The van der Waals surface area contributed by atoms with Crippen molar-refractivity contribution in [2.75, 3.05) is 11.1 Å². The van der Waals surface area contributed by atoms with Gasteiger partial charge in [-0.05, 0) is 12.1 Å². The van der Waals surface area contributed by atoms with Gasteiger partial charge in [-0.15, -0.1) is 0 Å². The molecule has 1 aromatic heterocycles. The zero-order valence-corrected chi connectivity index (χ0v) is 9.02. The van der Waals surface area contributed by atoms with Crippen LogP contribution in [0.1, 0.15) is 10.4 Å². The van der Waals surface area contributed by atoms with Gasteiger partial charge < -0.3 is 11.1 Å². The van der Waals surface area contributed by atoms with Gasteiger partial charge in [0.1, 0.15) is 23.6 Å². The van der Waals surface area contributed by atoms with Gasteiger partial charge >= 0.3 is 0 Å². The first-order valence-corrected chi connectivity index (χ1v) is 4.89. The highest BCUT2D eigenvalue weighted by atomic mass is 19.1. The number of hydrogen-bond acceptors (Lipinski definition) is 4. The normalized spacial score (nSPS) is 10.1. The van der Waals surface area contributed by atoms with E-state index in [0.29, 0.717) is 5.69 Å². The molecule has 0 spiro atoms. The minimum absolute atomic E-state index is 0.178. The van der Waals surface area contributed by atoms with Gasteiger partial charge in [0.15, 0.2) is 0 Å². The highest BCUT2D eigenvalue weighted by molar-refractivity contribution is 6.04. The van der Waals surface area contributed by atoms with Crippen LogP contribution in [0.15, 0.2) is 30.9 Å². The molecule has 3 N–H and O–H groups in total. The lowest BCUT2D eigenvalue weighted by Crippen LogP contribution is -2.13. The molecule has 0 bridgehead atoms. The molecule has 0 unspecified atom stereocenters. The topological polar surface area (TPSA) is 80.9 Å². The Labute approximate surface area is 101 Å². The molecule has 92 valence electrons. The first kappa shape index (κ1) is 11.9. The molecule has 2 rings (SSSR count). The summed E-state index contributed by atoms with van der Waals surface area (Å²) < 4.78 is 26.3. The van der Waals surface area contributed by atoms with E-state index in [0.717, 1.165) is 12.1 Å². The molecule has 5 nitrogen and oxygen atoms in total. The molecule has 1 amide bonds. The Morgan fingerprint density at radius 2 is 1.72 bits per heavy atom. The van der Waals surface area contributed by atoms with Gasteiger partial charge in [0.2, 0.25) is 0 Å². The van der Waals surface area contributed by atoms with Crippen molar-refractivity contribution in [3.05, 3.63) is 48.1 Å². The van der Waals surface area contributed by atoms with E-state index < -0.39 is 23.2 Å². The Balaban J connectivity index is 2.25. The van der Waals surface area contributed by atoms with Crippen LogP contribution in [0.3, 0.4) is 0 Å². The highest BCUT2D eigenvalue weighted by Crippen LogP contribution is 2.18. The number of carbonyl (C=O) groups is 1. The number of nitrogens with zero attached hydrogens (tertiary/aromatic N) is 2. The summed E-state index contributed by atoms with van der Waals surface area (Å²) in [5.74, 6) is -2.64. The summed E-state index contributed by atoms with van der Waals surface area (Å²) in [4.78, 5) is 19.1. The van der Waals surface area contributed by atoms with Gasteiger partial charge in [0, 0.05) is 5.56 Å². The number of benzene rings is 1. The molecule has 0 saturated carbocycles. The number of amides is 1. The molecule has 1 aromatic carbocycles. The average molecular weight is 250 g/mol. The van der Waals surface area contributed by atoms with E-state index in [-0.39, 0.29) is 5.56 Å². The van der Waals surface area contributed by atoms with Gasteiger partial charge in [-0.3, -0.25) is 4.79 Å². The van der Waals surface area contributed by atoms with Crippen molar-refractivity contribution in [3.8, 4) is 0 Å². The number of nitrogens with two attached hydrogens (primary N) is 1. The van der Waals surface area contributed by atoms with E-state index in [2.05, 4.69) is 15.3 Å². The van der Waals surface area contributed by atoms with E-state index >= 15 is 0 Å². The molecule has 0 aliphatic heterocycles. The third-order valence-corrected chi connectivity index (χ3v) is 2.16. The van der Waals surface area contributed by atoms with Crippen LogP contribution in [0, 0.1) is 11.6 Å². The van der Waals surface area contributed by atoms with E-state index in [1.807, 2.05) is 0 Å². The summed E-state index contributed by atoms with van der Waals surface area (Å²) in [5.41, 5.74) is 4.63. The second kappa shape index (κ2) is 4.74. The monoisotopic (exact) mass is 250 g/mol. The summed E-state index contributed by atoms with van der Waals surface area (Å²) in [6.07, 6.45) is 4.00. The van der Waals surface area contributed by atoms with Crippen molar-refractivity contribution in [2.45, 2.75) is 0 Å². The van der Waals surface area contributed by atoms with Crippen LogP contribution in [-0.2, 0) is 0 Å². The number of carbonyl (C=O) groups excluding carboxylic acids is 1. The van der Waals surface area contributed by atoms with Crippen LogP contribution in [0.2, 0.25) is 0 Å². The molecule has 2 aromatic rings. The minimum Gasteiger partial charge on any atom is -0.394 e. The van der Waals surface area contributed by atoms with E-state index in [4.69, 9.17) is 5.73 Å². The maximum absolute atomic E-state index is 13.2. The molecule has 1 heterocycles. The Kier molecular flexibility index (Phi) is 3.13. The first-order chi connectivity index (χ1) is 8.58. The molecule has 0 atom stereocenters. The first-order valence-electron chi connectivity index (χ1n) is 4.89. The molecule has 0 saturated heterocycles. The van der Waals surface area contributed by atoms with Gasteiger partial charge in [-0.1, -0.05) is 0 Å². The van der Waals surface area contributed by atoms with Crippen LogP contribution in [0.4, 0.5) is 20.2 Å². The standard InChI is InChI=1S/C11H8F2N4O/c12-8-1-6(2-9(13)10(8)14)11(18)17-7-3-15-5-16-4-7/h1-5H,14H2,(H,17,18). The Bertz CT molecular complexity index is 566. The smallest absolute Gasteiger partial charge is 0.255 e. The molecule has 18 heavy (non-hydrogen) atoms. The van der Waals surface area contributed by atoms with Crippen molar-refractivity contribution in [2.24, 2.45) is 0 Å². The lowest BCUT2D eigenvalue weighted by Gasteiger charge is -2.06. The molecule has 0 radical (unpaired) electrons. The van der Waals surface area contributed by atoms with E-state index in [1.165, 1.54) is 18.7 Å². The lowest BCUT2D eigenvalue weighted by molar-refractivity contribution is 0.102. The molecule has 0 aliphatic rings. The fourth-order valence-corrected chi connectivity index (χ4v) is 1.28. The molecular weight excluding hydrogens is 242 g/mol. The zero-order chi connectivity index (χ0) is 13.1. The van der Waals surface area contributed by atoms with Gasteiger partial charge in [-0.2, -0.15) is 0 Å². The van der Waals surface area contributed by atoms with Crippen molar-refractivity contribution in [1.82, 2.24) is 9.97 Å². The van der Waals surface area contributed by atoms with E-state index in [9.17, 15) is 13.6 Å². The predicted octanol–water partition coefficient (Wildman–Crippen LogP) is 1.59. The molecule has 7 heteroatoms. The number of halogens is 2. The maximum Gasteiger partial charge on any atom is 0.255 e.